The molecular formula is C13H17N5O2. The molecule has 2 aromatic rings. The third-order valence-corrected chi connectivity index (χ3v) is 2.50. The van der Waals surface area contributed by atoms with Gasteiger partial charge in [-0.2, -0.15) is 4.98 Å². The van der Waals surface area contributed by atoms with Crippen LogP contribution in [0.4, 0.5) is 5.82 Å². The van der Waals surface area contributed by atoms with Crippen molar-refractivity contribution >= 4 is 5.82 Å². The first-order valence-electron chi connectivity index (χ1n) is 6.18. The van der Waals surface area contributed by atoms with E-state index in [1.54, 1.807) is 19.4 Å². The summed E-state index contributed by atoms with van der Waals surface area (Å²) in [4.78, 5) is 12.6. The number of nitrogens with two attached hydrogens (primary N) is 1. The molecule has 0 saturated carbocycles. The maximum atomic E-state index is 5.60. The topological polar surface area (TPSA) is 95.2 Å². The molecule has 0 bridgehead atoms. The molecule has 2 rings (SSSR count). The third-order valence-electron chi connectivity index (χ3n) is 2.50. The molecule has 106 valence electrons. The van der Waals surface area contributed by atoms with Crippen molar-refractivity contribution in [3.8, 4) is 5.88 Å². The van der Waals surface area contributed by atoms with Gasteiger partial charge in [0.15, 0.2) is 5.82 Å². The Morgan fingerprint density at radius 2 is 2.20 bits per heavy atom. The van der Waals surface area contributed by atoms with E-state index in [0.29, 0.717) is 37.2 Å². The monoisotopic (exact) mass is 275 g/mol. The zero-order valence-corrected chi connectivity index (χ0v) is 11.2. The Hall–Kier alpha value is -2.25. The van der Waals surface area contributed by atoms with Crippen LogP contribution < -0.4 is 16.0 Å². The molecule has 0 unspecified atom stereocenters. The minimum atomic E-state index is 0.298. The predicted octanol–water partition coefficient (Wildman–Crippen LogP) is 0.925. The van der Waals surface area contributed by atoms with Crippen LogP contribution in [0.15, 0.2) is 30.5 Å². The Kier molecular flexibility index (Phi) is 5.22. The maximum Gasteiger partial charge on any atom is 0.218 e. The van der Waals surface area contributed by atoms with Crippen LogP contribution in [-0.4, -0.2) is 28.7 Å². The molecule has 0 fully saturated rings. The van der Waals surface area contributed by atoms with Gasteiger partial charge in [-0.15, -0.1) is 0 Å². The first-order valence-corrected chi connectivity index (χ1v) is 6.18. The molecule has 0 aliphatic rings. The van der Waals surface area contributed by atoms with Crippen molar-refractivity contribution in [2.45, 2.75) is 13.0 Å². The Morgan fingerprint density at radius 3 is 2.90 bits per heavy atom. The average Bonchev–Trinajstić information content (AvgIpc) is 2.48. The number of nitrogens with one attached hydrogen (secondary N) is 1. The number of hydrogen-bond acceptors (Lipinski definition) is 7. The molecule has 2 aromatic heterocycles. The number of nitrogens with zero attached hydrogens (tertiary/aromatic N) is 3. The number of ether oxygens (including phenoxy) is 2. The van der Waals surface area contributed by atoms with Gasteiger partial charge in [0.2, 0.25) is 5.88 Å². The summed E-state index contributed by atoms with van der Waals surface area (Å²) in [6.45, 7) is 0.774. The molecule has 7 heteroatoms. The van der Waals surface area contributed by atoms with E-state index in [1.807, 2.05) is 18.2 Å². The summed E-state index contributed by atoms with van der Waals surface area (Å²) < 4.78 is 10.6. The highest BCUT2D eigenvalue weighted by atomic mass is 16.5. The van der Waals surface area contributed by atoms with E-state index < -0.39 is 0 Å². The Morgan fingerprint density at radius 1 is 1.30 bits per heavy atom. The van der Waals surface area contributed by atoms with Gasteiger partial charge in [-0.05, 0) is 12.1 Å². The van der Waals surface area contributed by atoms with E-state index in [0.717, 1.165) is 5.69 Å². The van der Waals surface area contributed by atoms with Crippen molar-refractivity contribution < 1.29 is 9.47 Å². The first-order chi connectivity index (χ1) is 9.81. The van der Waals surface area contributed by atoms with Crippen LogP contribution in [0.25, 0.3) is 0 Å². The number of hydrazine groups is 1. The summed E-state index contributed by atoms with van der Waals surface area (Å²) in [5, 5.41) is 0. The smallest absolute Gasteiger partial charge is 0.218 e. The van der Waals surface area contributed by atoms with Crippen LogP contribution in [0.2, 0.25) is 0 Å². The van der Waals surface area contributed by atoms with Crippen molar-refractivity contribution in [1.82, 2.24) is 15.0 Å². The highest BCUT2D eigenvalue weighted by Crippen LogP contribution is 2.13. The second kappa shape index (κ2) is 7.37. The molecule has 20 heavy (non-hydrogen) atoms. The fourth-order valence-corrected chi connectivity index (χ4v) is 1.62. The molecule has 0 aromatic carbocycles. The molecule has 0 atom stereocenters. The number of methoxy groups -OCH3 is 1. The minimum Gasteiger partial charge on any atom is -0.477 e. The minimum absolute atomic E-state index is 0.298. The number of rotatable bonds is 7. The van der Waals surface area contributed by atoms with Crippen LogP contribution in [0.3, 0.4) is 0 Å². The molecule has 0 aliphatic carbocycles. The van der Waals surface area contributed by atoms with Crippen LogP contribution in [0, 0.1) is 0 Å². The largest absolute Gasteiger partial charge is 0.477 e. The van der Waals surface area contributed by atoms with Crippen molar-refractivity contribution in [3.63, 3.8) is 0 Å². The van der Waals surface area contributed by atoms with E-state index in [9.17, 15) is 0 Å². The molecule has 7 nitrogen and oxygen atoms in total. The van der Waals surface area contributed by atoms with E-state index in [4.69, 9.17) is 15.3 Å². The van der Waals surface area contributed by atoms with Gasteiger partial charge < -0.3 is 14.9 Å². The number of hydrogen-bond donors (Lipinski definition) is 2. The van der Waals surface area contributed by atoms with Gasteiger partial charge in [0.25, 0.3) is 0 Å². The average molecular weight is 275 g/mol. The molecular weight excluding hydrogens is 258 g/mol. The standard InChI is InChI=1S/C13H17N5O2/c1-19-9-12-16-11(18-14)8-13(17-12)20-7-5-10-4-2-3-6-15-10/h2-4,6,8H,5,7,9,14H2,1H3,(H,16,17,18). The van der Waals surface area contributed by atoms with Crippen molar-refractivity contribution in [2.75, 3.05) is 19.1 Å². The molecule has 0 spiro atoms. The Bertz CT molecular complexity index is 536. The summed E-state index contributed by atoms with van der Waals surface area (Å²) in [5.41, 5.74) is 3.44. The number of pyridine rings is 1. The fraction of sp³-hybridized carbons (Fsp3) is 0.308. The van der Waals surface area contributed by atoms with Gasteiger partial charge in [0.05, 0.1) is 6.61 Å². The highest BCUT2D eigenvalue weighted by molar-refractivity contribution is 5.36. The van der Waals surface area contributed by atoms with Crippen molar-refractivity contribution in [3.05, 3.63) is 42.0 Å². The van der Waals surface area contributed by atoms with Crippen LogP contribution in [-0.2, 0) is 17.8 Å². The van der Waals surface area contributed by atoms with Gasteiger partial charge in [-0.25, -0.2) is 10.8 Å². The van der Waals surface area contributed by atoms with Crippen LogP contribution in [0.1, 0.15) is 11.5 Å². The predicted molar refractivity (Wildman–Crippen MR) is 74.0 cm³/mol. The summed E-state index contributed by atoms with van der Waals surface area (Å²) in [5.74, 6) is 6.81. The van der Waals surface area contributed by atoms with Crippen molar-refractivity contribution in [1.29, 1.82) is 0 Å². The summed E-state index contributed by atoms with van der Waals surface area (Å²) in [6.07, 6.45) is 2.46. The maximum absolute atomic E-state index is 5.60. The highest BCUT2D eigenvalue weighted by Gasteiger charge is 2.05. The number of nitrogen functional groups attached to an aromatic ring is 1. The SMILES string of the molecule is COCc1nc(NN)cc(OCCc2ccccn2)n1. The quantitative estimate of drug-likeness (QED) is 0.573. The molecule has 0 radical (unpaired) electrons. The molecule has 0 amide bonds. The number of aromatic nitrogens is 3. The van der Waals surface area contributed by atoms with Gasteiger partial charge >= 0.3 is 0 Å². The summed E-state index contributed by atoms with van der Waals surface area (Å²) in [7, 11) is 1.58. The van der Waals surface area contributed by atoms with Crippen LogP contribution >= 0.6 is 0 Å². The lowest BCUT2D eigenvalue weighted by Crippen LogP contribution is -2.12. The lowest BCUT2D eigenvalue weighted by molar-refractivity contribution is 0.176. The van der Waals surface area contributed by atoms with E-state index in [1.165, 1.54) is 0 Å². The third kappa shape index (κ3) is 4.15. The van der Waals surface area contributed by atoms with Crippen LogP contribution in [0.5, 0.6) is 5.88 Å². The molecule has 2 heterocycles. The number of anilines is 1. The normalized spacial score (nSPS) is 10.3. The first kappa shape index (κ1) is 14.2. The Balaban J connectivity index is 1.96. The van der Waals surface area contributed by atoms with E-state index >= 15 is 0 Å². The van der Waals surface area contributed by atoms with Gasteiger partial charge in [0, 0.05) is 31.5 Å². The second-order valence-electron chi connectivity index (χ2n) is 4.00. The summed E-state index contributed by atoms with van der Waals surface area (Å²) >= 11 is 0. The second-order valence-corrected chi connectivity index (χ2v) is 4.00. The zero-order valence-electron chi connectivity index (χ0n) is 11.2. The van der Waals surface area contributed by atoms with Crippen molar-refractivity contribution in [2.24, 2.45) is 5.84 Å². The van der Waals surface area contributed by atoms with Gasteiger partial charge in [-0.3, -0.25) is 4.98 Å². The molecule has 0 saturated heterocycles. The zero-order chi connectivity index (χ0) is 14.2. The lowest BCUT2D eigenvalue weighted by Gasteiger charge is -2.08. The molecule has 3 N–H and O–H groups in total. The van der Waals surface area contributed by atoms with E-state index in [-0.39, 0.29) is 0 Å². The van der Waals surface area contributed by atoms with E-state index in [2.05, 4.69) is 20.4 Å². The Labute approximate surface area is 117 Å². The van der Waals surface area contributed by atoms with Gasteiger partial charge in [0.1, 0.15) is 12.4 Å². The molecule has 0 aliphatic heterocycles. The summed E-state index contributed by atoms with van der Waals surface area (Å²) in [6, 6.07) is 7.41. The van der Waals surface area contributed by atoms with Gasteiger partial charge in [-0.1, -0.05) is 6.07 Å². The lowest BCUT2D eigenvalue weighted by atomic mass is 10.3. The fourth-order valence-electron chi connectivity index (χ4n) is 1.62.